The van der Waals surface area contributed by atoms with Gasteiger partial charge in [-0.3, -0.25) is 0 Å². The van der Waals surface area contributed by atoms with Crippen LogP contribution in [-0.4, -0.2) is 14.5 Å². The van der Waals surface area contributed by atoms with Gasteiger partial charge in [-0.2, -0.15) is 0 Å². The van der Waals surface area contributed by atoms with E-state index in [0.29, 0.717) is 14.5 Å². The second-order valence-electron chi connectivity index (χ2n) is 2.48. The van der Waals surface area contributed by atoms with E-state index in [4.69, 9.17) is 11.6 Å². The Morgan fingerprint density at radius 2 is 1.75 bits per heavy atom. The van der Waals surface area contributed by atoms with Crippen LogP contribution in [0.3, 0.4) is 0 Å². The molecule has 0 atom stereocenters. The molecule has 0 aliphatic carbocycles. The first kappa shape index (κ1) is 8.12. The van der Waals surface area contributed by atoms with Crippen molar-refractivity contribution in [3.63, 3.8) is 0 Å². The molecule has 0 aliphatic rings. The van der Waals surface area contributed by atoms with Gasteiger partial charge in [0.15, 0.2) is 0 Å². The first-order valence-electron chi connectivity index (χ1n) is 3.66. The quantitative estimate of drug-likeness (QED) is 0.673. The maximum absolute atomic E-state index is 5.79. The van der Waals surface area contributed by atoms with Crippen LogP contribution in [-0.2, 0) is 0 Å². The molecule has 2 heteroatoms. The molecular formula is C10H7ClSe. The molecule has 2 aromatic rings. The molecule has 0 bridgehead atoms. The first-order valence-corrected chi connectivity index (χ1v) is 5.88. The van der Waals surface area contributed by atoms with E-state index in [-0.39, 0.29) is 0 Å². The van der Waals surface area contributed by atoms with Gasteiger partial charge in [-0.25, -0.2) is 0 Å². The summed E-state index contributed by atoms with van der Waals surface area (Å²) in [6.07, 6.45) is 0. The summed E-state index contributed by atoms with van der Waals surface area (Å²) in [5, 5.41) is 0.804. The minimum absolute atomic E-state index is 0.522. The third-order valence-corrected chi connectivity index (χ3v) is 3.83. The van der Waals surface area contributed by atoms with E-state index >= 15 is 0 Å². The molecule has 1 aromatic heterocycles. The zero-order chi connectivity index (χ0) is 8.39. The van der Waals surface area contributed by atoms with Crippen LogP contribution in [0.4, 0.5) is 0 Å². The fourth-order valence-electron chi connectivity index (χ4n) is 1.06. The fraction of sp³-hybridized carbons (Fsp3) is 0. The summed E-state index contributed by atoms with van der Waals surface area (Å²) in [5.41, 5.74) is 1.30. The van der Waals surface area contributed by atoms with Crippen molar-refractivity contribution in [1.82, 2.24) is 0 Å². The zero-order valence-corrected chi connectivity index (χ0v) is 8.80. The summed E-state index contributed by atoms with van der Waals surface area (Å²) in [6.45, 7) is 0. The van der Waals surface area contributed by atoms with Gasteiger partial charge in [0, 0.05) is 0 Å². The van der Waals surface area contributed by atoms with Gasteiger partial charge in [0.1, 0.15) is 0 Å². The summed E-state index contributed by atoms with van der Waals surface area (Å²) < 4.78 is 1.43. The molecule has 1 heterocycles. The molecule has 0 N–H and O–H groups in total. The van der Waals surface area contributed by atoms with Crippen molar-refractivity contribution in [3.05, 3.63) is 46.4 Å². The van der Waals surface area contributed by atoms with Crippen molar-refractivity contribution in [3.8, 4) is 10.0 Å². The molecule has 0 nitrogen and oxygen atoms in total. The summed E-state index contributed by atoms with van der Waals surface area (Å²) in [5.74, 6) is 0. The van der Waals surface area contributed by atoms with Gasteiger partial charge >= 0.3 is 82.5 Å². The predicted molar refractivity (Wildman–Crippen MR) is 53.8 cm³/mol. The molecule has 0 radical (unpaired) electrons. The van der Waals surface area contributed by atoms with E-state index in [1.165, 1.54) is 10.0 Å². The van der Waals surface area contributed by atoms with Gasteiger partial charge in [0.25, 0.3) is 0 Å². The molecule has 12 heavy (non-hydrogen) atoms. The molecule has 0 unspecified atom stereocenters. The molecular weight excluding hydrogens is 235 g/mol. The number of halogens is 1. The second-order valence-corrected chi connectivity index (χ2v) is 4.91. The predicted octanol–water partition coefficient (Wildman–Crippen LogP) is 3.06. The van der Waals surface area contributed by atoms with Gasteiger partial charge < -0.3 is 0 Å². The molecule has 60 valence electrons. The fourth-order valence-corrected chi connectivity index (χ4v) is 2.72. The van der Waals surface area contributed by atoms with Crippen molar-refractivity contribution in [1.29, 1.82) is 0 Å². The summed E-state index contributed by atoms with van der Waals surface area (Å²) in [4.78, 5) is 2.22. The van der Waals surface area contributed by atoms with E-state index < -0.39 is 0 Å². The molecule has 2 rings (SSSR count). The molecule has 0 spiro atoms. The number of hydrogen-bond acceptors (Lipinski definition) is 0. The Balaban J connectivity index is 2.43. The van der Waals surface area contributed by atoms with Gasteiger partial charge in [-0.05, 0) is 0 Å². The number of hydrogen-bond donors (Lipinski definition) is 0. The summed E-state index contributed by atoms with van der Waals surface area (Å²) in [7, 11) is 0. The topological polar surface area (TPSA) is 0 Å². The van der Waals surface area contributed by atoms with Gasteiger partial charge in [-0.15, -0.1) is 0 Å². The van der Waals surface area contributed by atoms with Crippen molar-refractivity contribution in [2.45, 2.75) is 0 Å². The second kappa shape index (κ2) is 3.49. The van der Waals surface area contributed by atoms with Crippen LogP contribution in [0.1, 0.15) is 0 Å². The van der Waals surface area contributed by atoms with Gasteiger partial charge in [0.05, 0.1) is 0 Å². The van der Waals surface area contributed by atoms with Crippen LogP contribution >= 0.6 is 11.6 Å². The Bertz CT molecular complexity index is 348. The minimum atomic E-state index is 0.522. The Hall–Kier alpha value is -0.491. The molecule has 0 saturated carbocycles. The molecule has 0 amide bonds. The van der Waals surface area contributed by atoms with Gasteiger partial charge in [0.2, 0.25) is 0 Å². The summed E-state index contributed by atoms with van der Waals surface area (Å²) in [6, 6.07) is 12.3. The number of rotatable bonds is 1. The van der Waals surface area contributed by atoms with E-state index in [9.17, 15) is 0 Å². The van der Waals surface area contributed by atoms with Crippen LogP contribution < -0.4 is 0 Å². The van der Waals surface area contributed by atoms with E-state index in [1.54, 1.807) is 0 Å². The Morgan fingerprint density at radius 3 is 2.33 bits per heavy atom. The molecule has 1 aromatic carbocycles. The van der Waals surface area contributed by atoms with Crippen LogP contribution in [0.25, 0.3) is 10.0 Å². The third-order valence-electron chi connectivity index (χ3n) is 1.65. The van der Waals surface area contributed by atoms with Gasteiger partial charge in [-0.1, -0.05) is 0 Å². The standard InChI is InChI=1S/C10H7ClSe/c11-9-5-3-8(4-6-9)10-2-1-7-12-10/h1-7H. The third kappa shape index (κ3) is 1.64. The molecule has 0 fully saturated rings. The van der Waals surface area contributed by atoms with Crippen molar-refractivity contribution < 1.29 is 0 Å². The van der Waals surface area contributed by atoms with Crippen molar-refractivity contribution >= 4 is 26.1 Å². The van der Waals surface area contributed by atoms with Crippen LogP contribution in [0.2, 0.25) is 5.02 Å². The zero-order valence-electron chi connectivity index (χ0n) is 6.33. The van der Waals surface area contributed by atoms with E-state index in [2.05, 4.69) is 29.2 Å². The SMILES string of the molecule is Clc1ccc(-c2ccc[se]2)cc1. The Morgan fingerprint density at radius 1 is 1.00 bits per heavy atom. The first-order chi connectivity index (χ1) is 5.86. The Kier molecular flexibility index (Phi) is 2.36. The number of benzene rings is 1. The van der Waals surface area contributed by atoms with E-state index in [1.807, 2.05) is 12.1 Å². The molecule has 0 saturated heterocycles. The van der Waals surface area contributed by atoms with Crippen molar-refractivity contribution in [2.75, 3.05) is 0 Å². The van der Waals surface area contributed by atoms with E-state index in [0.717, 1.165) is 5.02 Å². The molecule has 0 aliphatic heterocycles. The van der Waals surface area contributed by atoms with Crippen LogP contribution in [0, 0.1) is 0 Å². The monoisotopic (exact) mass is 242 g/mol. The summed E-state index contributed by atoms with van der Waals surface area (Å²) >= 11 is 6.31. The Labute approximate surface area is 82.5 Å². The maximum atomic E-state index is 5.79. The van der Waals surface area contributed by atoms with Crippen LogP contribution in [0.15, 0.2) is 41.3 Å². The average Bonchev–Trinajstić information content (AvgIpc) is 2.58. The normalized spacial score (nSPS) is 10.1. The van der Waals surface area contributed by atoms with Crippen molar-refractivity contribution in [2.24, 2.45) is 0 Å². The van der Waals surface area contributed by atoms with Crippen LogP contribution in [0.5, 0.6) is 0 Å². The average molecular weight is 242 g/mol.